The van der Waals surface area contributed by atoms with Crippen LogP contribution in [0.2, 0.25) is 0 Å². The van der Waals surface area contributed by atoms with Crippen molar-refractivity contribution in [3.63, 3.8) is 0 Å². The summed E-state index contributed by atoms with van der Waals surface area (Å²) >= 11 is 6.11. The maximum atomic E-state index is 6.11. The number of halogens is 1. The van der Waals surface area contributed by atoms with Crippen LogP contribution in [-0.2, 0) is 0 Å². The molecule has 78 valence electrons. The number of hydrogen-bond acceptors (Lipinski definition) is 0. The summed E-state index contributed by atoms with van der Waals surface area (Å²) in [5, 5.41) is 0.430. The van der Waals surface area contributed by atoms with Gasteiger partial charge >= 0.3 is 0 Å². The lowest BCUT2D eigenvalue weighted by Crippen LogP contribution is -2.13. The highest BCUT2D eigenvalue weighted by Crippen LogP contribution is 2.31. The molecule has 0 N–H and O–H groups in total. The summed E-state index contributed by atoms with van der Waals surface area (Å²) in [5.74, 6) is 1.97. The first-order valence-corrected chi connectivity index (χ1v) is 6.30. The Bertz CT molecular complexity index is 125. The number of alkyl halides is 1. The lowest BCUT2D eigenvalue weighted by atomic mass is 9.80. The van der Waals surface area contributed by atoms with Crippen LogP contribution >= 0.6 is 11.6 Å². The average molecular weight is 203 g/mol. The summed E-state index contributed by atoms with van der Waals surface area (Å²) < 4.78 is 0. The van der Waals surface area contributed by atoms with Gasteiger partial charge in [-0.05, 0) is 31.1 Å². The van der Waals surface area contributed by atoms with E-state index in [2.05, 4.69) is 13.8 Å². The van der Waals surface area contributed by atoms with Crippen molar-refractivity contribution in [2.75, 3.05) is 0 Å². The van der Waals surface area contributed by atoms with Gasteiger partial charge in [0.05, 0.1) is 0 Å². The van der Waals surface area contributed by atoms with Gasteiger partial charge in [-0.2, -0.15) is 0 Å². The smallest absolute Gasteiger partial charge is 0.0333 e. The van der Waals surface area contributed by atoms with E-state index >= 15 is 0 Å². The Kier molecular flexibility index (Phi) is 5.16. The van der Waals surface area contributed by atoms with E-state index in [-0.39, 0.29) is 0 Å². The second-order valence-corrected chi connectivity index (χ2v) is 5.33. The van der Waals surface area contributed by atoms with E-state index < -0.39 is 0 Å². The first-order valence-electron chi connectivity index (χ1n) is 5.86. The SMILES string of the molecule is CCC(Cl)CCC1CCC(C)CC1. The summed E-state index contributed by atoms with van der Waals surface area (Å²) in [6.07, 6.45) is 9.53. The van der Waals surface area contributed by atoms with E-state index in [4.69, 9.17) is 11.6 Å². The van der Waals surface area contributed by atoms with E-state index in [9.17, 15) is 0 Å². The fraction of sp³-hybridized carbons (Fsp3) is 1.00. The molecule has 0 aliphatic heterocycles. The van der Waals surface area contributed by atoms with Gasteiger partial charge in [-0.15, -0.1) is 11.6 Å². The third-order valence-electron chi connectivity index (χ3n) is 3.47. The fourth-order valence-electron chi connectivity index (χ4n) is 2.24. The molecule has 1 atom stereocenters. The Labute approximate surface area is 88.1 Å². The molecule has 0 heterocycles. The zero-order valence-electron chi connectivity index (χ0n) is 9.06. The summed E-state index contributed by atoms with van der Waals surface area (Å²) in [5.41, 5.74) is 0. The van der Waals surface area contributed by atoms with Crippen LogP contribution in [0.15, 0.2) is 0 Å². The second-order valence-electron chi connectivity index (χ2n) is 4.71. The largest absolute Gasteiger partial charge is 0.123 e. The predicted molar refractivity (Wildman–Crippen MR) is 60.3 cm³/mol. The van der Waals surface area contributed by atoms with Gasteiger partial charge in [0.1, 0.15) is 0 Å². The monoisotopic (exact) mass is 202 g/mol. The highest BCUT2D eigenvalue weighted by atomic mass is 35.5. The van der Waals surface area contributed by atoms with Crippen molar-refractivity contribution in [3.05, 3.63) is 0 Å². The van der Waals surface area contributed by atoms with Gasteiger partial charge in [0.15, 0.2) is 0 Å². The zero-order valence-corrected chi connectivity index (χ0v) is 9.82. The molecule has 0 aromatic carbocycles. The molecule has 0 saturated heterocycles. The molecule has 0 nitrogen and oxygen atoms in total. The van der Waals surface area contributed by atoms with Crippen molar-refractivity contribution in [1.29, 1.82) is 0 Å². The van der Waals surface area contributed by atoms with Crippen molar-refractivity contribution >= 4 is 11.6 Å². The van der Waals surface area contributed by atoms with E-state index in [0.717, 1.165) is 18.3 Å². The van der Waals surface area contributed by atoms with Gasteiger partial charge < -0.3 is 0 Å². The summed E-state index contributed by atoms with van der Waals surface area (Å²) in [4.78, 5) is 0. The molecule has 0 amide bonds. The van der Waals surface area contributed by atoms with Crippen LogP contribution in [0.5, 0.6) is 0 Å². The quantitative estimate of drug-likeness (QED) is 0.584. The van der Waals surface area contributed by atoms with Crippen molar-refractivity contribution in [2.45, 2.75) is 64.2 Å². The molecule has 1 saturated carbocycles. The molecule has 1 heteroatoms. The Balaban J connectivity index is 2.08. The lowest BCUT2D eigenvalue weighted by Gasteiger charge is -2.26. The predicted octanol–water partition coefficient (Wildman–Crippen LogP) is 4.61. The molecule has 0 aromatic heterocycles. The van der Waals surface area contributed by atoms with Gasteiger partial charge in [0.2, 0.25) is 0 Å². The molecular formula is C12H23Cl. The minimum Gasteiger partial charge on any atom is -0.123 e. The van der Waals surface area contributed by atoms with Gasteiger partial charge in [-0.25, -0.2) is 0 Å². The number of hydrogen-bond donors (Lipinski definition) is 0. The molecule has 13 heavy (non-hydrogen) atoms. The third kappa shape index (κ3) is 4.35. The first kappa shape index (κ1) is 11.4. The standard InChI is InChI=1S/C12H23Cl/c1-3-12(13)9-8-11-6-4-10(2)5-7-11/h10-12H,3-9H2,1-2H3. The van der Waals surface area contributed by atoms with E-state index in [1.807, 2.05) is 0 Å². The summed E-state index contributed by atoms with van der Waals surface area (Å²) in [6.45, 7) is 4.56. The van der Waals surface area contributed by atoms with Crippen molar-refractivity contribution in [3.8, 4) is 0 Å². The normalized spacial score (nSPS) is 31.6. The molecule has 1 aliphatic carbocycles. The molecule has 0 spiro atoms. The molecule has 0 bridgehead atoms. The van der Waals surface area contributed by atoms with E-state index in [1.54, 1.807) is 0 Å². The highest BCUT2D eigenvalue weighted by molar-refractivity contribution is 6.20. The average Bonchev–Trinajstić information content (AvgIpc) is 2.16. The van der Waals surface area contributed by atoms with Crippen molar-refractivity contribution in [1.82, 2.24) is 0 Å². The maximum absolute atomic E-state index is 6.11. The van der Waals surface area contributed by atoms with E-state index in [0.29, 0.717) is 5.38 Å². The fourth-order valence-corrected chi connectivity index (χ4v) is 2.36. The van der Waals surface area contributed by atoms with Crippen LogP contribution < -0.4 is 0 Å². The molecule has 0 radical (unpaired) electrons. The van der Waals surface area contributed by atoms with Crippen LogP contribution in [0.4, 0.5) is 0 Å². The Morgan fingerprint density at radius 2 is 1.85 bits per heavy atom. The molecular weight excluding hydrogens is 180 g/mol. The molecule has 1 fully saturated rings. The van der Waals surface area contributed by atoms with Gasteiger partial charge in [-0.1, -0.05) is 39.5 Å². The maximum Gasteiger partial charge on any atom is 0.0333 e. The Hall–Kier alpha value is 0.290. The van der Waals surface area contributed by atoms with Gasteiger partial charge in [0.25, 0.3) is 0 Å². The van der Waals surface area contributed by atoms with Crippen LogP contribution in [0, 0.1) is 11.8 Å². The lowest BCUT2D eigenvalue weighted by molar-refractivity contribution is 0.272. The zero-order chi connectivity index (χ0) is 9.68. The van der Waals surface area contributed by atoms with Crippen molar-refractivity contribution < 1.29 is 0 Å². The highest BCUT2D eigenvalue weighted by Gasteiger charge is 2.18. The molecule has 1 rings (SSSR count). The minimum absolute atomic E-state index is 0.430. The Morgan fingerprint density at radius 1 is 1.23 bits per heavy atom. The Morgan fingerprint density at radius 3 is 2.38 bits per heavy atom. The summed E-state index contributed by atoms with van der Waals surface area (Å²) in [7, 11) is 0. The first-order chi connectivity index (χ1) is 6.22. The molecule has 0 aromatic rings. The number of rotatable bonds is 4. The van der Waals surface area contributed by atoms with E-state index in [1.165, 1.54) is 38.5 Å². The minimum atomic E-state index is 0.430. The van der Waals surface area contributed by atoms with Gasteiger partial charge in [0, 0.05) is 5.38 Å². The summed E-state index contributed by atoms with van der Waals surface area (Å²) in [6, 6.07) is 0. The van der Waals surface area contributed by atoms with Crippen LogP contribution in [0.1, 0.15) is 58.8 Å². The van der Waals surface area contributed by atoms with Gasteiger partial charge in [-0.3, -0.25) is 0 Å². The topological polar surface area (TPSA) is 0 Å². The van der Waals surface area contributed by atoms with Crippen LogP contribution in [0.25, 0.3) is 0 Å². The third-order valence-corrected chi connectivity index (χ3v) is 3.99. The second kappa shape index (κ2) is 5.90. The van der Waals surface area contributed by atoms with Crippen molar-refractivity contribution in [2.24, 2.45) is 11.8 Å². The molecule has 1 unspecified atom stereocenters. The molecule has 1 aliphatic rings. The van der Waals surface area contributed by atoms with Crippen LogP contribution in [-0.4, -0.2) is 5.38 Å². The van der Waals surface area contributed by atoms with Crippen LogP contribution in [0.3, 0.4) is 0 Å².